The number of aromatic nitrogens is 4. The van der Waals surface area contributed by atoms with Gasteiger partial charge in [-0.15, -0.1) is 5.10 Å². The number of amidine groups is 1. The molecule has 2 N–H and O–H groups in total. The van der Waals surface area contributed by atoms with Crippen molar-refractivity contribution in [3.8, 4) is 0 Å². The first kappa shape index (κ1) is 34.0. The third-order valence-electron chi connectivity index (χ3n) is 10.2. The number of anilines is 1. The first-order valence-electron chi connectivity index (χ1n) is 16.6. The largest absolute Gasteiger partial charge is 0.416 e. The summed E-state index contributed by atoms with van der Waals surface area (Å²) in [5.41, 5.74) is 0.456. The van der Waals surface area contributed by atoms with Crippen LogP contribution in [0.1, 0.15) is 67.6 Å². The second-order valence-electron chi connectivity index (χ2n) is 13.3. The Morgan fingerprint density at radius 1 is 1.20 bits per heavy atom. The normalized spacial score (nSPS) is 21.6. The molecule has 12 nitrogen and oxygen atoms in total. The molecule has 16 heteroatoms. The molecule has 2 unspecified atom stereocenters. The van der Waals surface area contributed by atoms with E-state index in [9.17, 15) is 27.6 Å². The van der Waals surface area contributed by atoms with Crippen LogP contribution in [-0.2, 0) is 32.5 Å². The molecule has 3 aromatic rings. The highest BCUT2D eigenvalue weighted by Crippen LogP contribution is 2.50. The Morgan fingerprint density at radius 2 is 1.98 bits per heavy atom. The summed E-state index contributed by atoms with van der Waals surface area (Å²) < 4.78 is 48.1. The zero-order valence-electron chi connectivity index (χ0n) is 27.5. The molecule has 3 aliphatic heterocycles. The van der Waals surface area contributed by atoms with Crippen LogP contribution in [-0.4, -0.2) is 75.1 Å². The predicted molar refractivity (Wildman–Crippen MR) is 180 cm³/mol. The minimum absolute atomic E-state index is 0.0314. The molecule has 1 saturated heterocycles. The van der Waals surface area contributed by atoms with Crippen molar-refractivity contribution in [1.82, 2.24) is 29.4 Å². The van der Waals surface area contributed by atoms with Gasteiger partial charge >= 0.3 is 6.18 Å². The molecular weight excluding hydrogens is 677 g/mol. The molecule has 0 radical (unpaired) electrons. The summed E-state index contributed by atoms with van der Waals surface area (Å²) >= 11 is 6.16. The van der Waals surface area contributed by atoms with Crippen LogP contribution >= 0.6 is 11.6 Å². The van der Waals surface area contributed by atoms with Crippen molar-refractivity contribution in [2.24, 2.45) is 10.9 Å². The monoisotopic (exact) mass is 712 g/mol. The number of alkyl halides is 3. The molecule has 4 aliphatic rings. The Bertz CT molecular complexity index is 2030. The van der Waals surface area contributed by atoms with E-state index in [1.165, 1.54) is 4.52 Å². The minimum Gasteiger partial charge on any atom is -0.377 e. The quantitative estimate of drug-likeness (QED) is 0.397. The van der Waals surface area contributed by atoms with E-state index in [-0.39, 0.29) is 46.3 Å². The Balaban J connectivity index is 1.24. The number of aliphatic imine (C=N–C) groups is 1. The van der Waals surface area contributed by atoms with Crippen LogP contribution < -0.4 is 16.2 Å². The van der Waals surface area contributed by atoms with Crippen molar-refractivity contribution in [2.45, 2.75) is 63.1 Å². The van der Waals surface area contributed by atoms with Gasteiger partial charge in [-0.1, -0.05) is 30.7 Å². The van der Waals surface area contributed by atoms with Crippen LogP contribution in [0.3, 0.4) is 0 Å². The van der Waals surface area contributed by atoms with Gasteiger partial charge in [0.1, 0.15) is 12.4 Å². The maximum Gasteiger partial charge on any atom is 0.416 e. The highest BCUT2D eigenvalue weighted by atomic mass is 35.5. The predicted octanol–water partition coefficient (Wildman–Crippen LogP) is 4.52. The number of amides is 2. The number of ether oxygens (including phenoxy) is 1. The highest BCUT2D eigenvalue weighted by Gasteiger charge is 2.49. The van der Waals surface area contributed by atoms with Gasteiger partial charge in [-0.05, 0) is 55.4 Å². The number of rotatable bonds is 5. The van der Waals surface area contributed by atoms with Gasteiger partial charge in [-0.3, -0.25) is 14.4 Å². The summed E-state index contributed by atoms with van der Waals surface area (Å²) in [6.07, 6.45) is 3.77. The Morgan fingerprint density at radius 3 is 2.66 bits per heavy atom. The molecule has 2 amide bonds. The number of halogens is 4. The number of fused-ring (bicyclic) bond motifs is 3. The number of carbonyl (C=O) groups excluding carboxylic acids is 2. The maximum atomic E-state index is 14.5. The lowest BCUT2D eigenvalue weighted by atomic mass is 9.73. The average Bonchev–Trinajstić information content (AvgIpc) is 3.67. The zero-order valence-corrected chi connectivity index (χ0v) is 28.3. The van der Waals surface area contributed by atoms with E-state index in [0.717, 1.165) is 29.6 Å². The van der Waals surface area contributed by atoms with Gasteiger partial charge in [0.15, 0.2) is 5.82 Å². The van der Waals surface area contributed by atoms with E-state index >= 15 is 0 Å². The first-order chi connectivity index (χ1) is 23.9. The molecule has 264 valence electrons. The number of hydrogen-bond donors (Lipinski definition) is 2. The van der Waals surface area contributed by atoms with Crippen LogP contribution in [0.5, 0.6) is 0 Å². The zero-order chi connectivity index (χ0) is 35.4. The van der Waals surface area contributed by atoms with Gasteiger partial charge in [0.25, 0.3) is 5.56 Å². The molecule has 2 aromatic heterocycles. The van der Waals surface area contributed by atoms with Gasteiger partial charge in [0.2, 0.25) is 17.6 Å². The van der Waals surface area contributed by atoms with E-state index in [2.05, 4.69) is 25.6 Å². The van der Waals surface area contributed by atoms with Crippen molar-refractivity contribution >= 4 is 46.3 Å². The van der Waals surface area contributed by atoms with Crippen LogP contribution in [0.15, 0.2) is 46.3 Å². The van der Waals surface area contributed by atoms with Gasteiger partial charge in [-0.25, -0.2) is 4.99 Å². The van der Waals surface area contributed by atoms with Crippen LogP contribution in [0.2, 0.25) is 5.02 Å². The van der Waals surface area contributed by atoms with Crippen molar-refractivity contribution in [3.05, 3.63) is 74.6 Å². The first-order valence-corrected chi connectivity index (χ1v) is 16.9. The maximum absolute atomic E-state index is 14.5. The third-order valence-corrected chi connectivity index (χ3v) is 10.5. The summed E-state index contributed by atoms with van der Waals surface area (Å²) in [5.74, 6) is 0.372. The second kappa shape index (κ2) is 13.0. The van der Waals surface area contributed by atoms with Crippen molar-refractivity contribution in [1.29, 1.82) is 0 Å². The van der Waals surface area contributed by atoms with Gasteiger partial charge in [0.05, 0.1) is 35.4 Å². The number of piperidine rings is 1. The summed E-state index contributed by atoms with van der Waals surface area (Å²) in [6, 6.07) is 2.75. The Kier molecular flexibility index (Phi) is 8.83. The smallest absolute Gasteiger partial charge is 0.377 e. The lowest BCUT2D eigenvalue weighted by molar-refractivity contribution is -0.137. The van der Waals surface area contributed by atoms with E-state index in [0.29, 0.717) is 75.5 Å². The van der Waals surface area contributed by atoms with Crippen LogP contribution in [0, 0.1) is 5.92 Å². The summed E-state index contributed by atoms with van der Waals surface area (Å²) in [7, 11) is 1.61. The molecule has 50 heavy (non-hydrogen) atoms. The molecular formula is C34H36ClF3N8O4. The number of hydrogen-bond acceptors (Lipinski definition) is 8. The summed E-state index contributed by atoms with van der Waals surface area (Å²) in [6.45, 7) is 3.88. The van der Waals surface area contributed by atoms with Crippen molar-refractivity contribution in [2.75, 3.05) is 38.7 Å². The molecule has 1 aromatic carbocycles. The third kappa shape index (κ3) is 6.10. The lowest BCUT2D eigenvalue weighted by Crippen LogP contribution is -2.47. The van der Waals surface area contributed by atoms with Gasteiger partial charge in [-0.2, -0.15) is 22.7 Å². The SMILES string of the molecule is CNC(=O)C1C=CN=C(N2CCC3(CC2)CC(C)c2c3c(=O)n3nc(C4=CCOCC4)nc3n2CC(=O)Nc2ccc(C(F)(F)F)cc2Cl)C1. The number of carbonyl (C=O) groups is 2. The van der Waals surface area contributed by atoms with E-state index in [1.54, 1.807) is 23.9 Å². The Labute approximate surface area is 290 Å². The molecule has 1 fully saturated rings. The molecule has 1 aliphatic carbocycles. The lowest BCUT2D eigenvalue weighted by Gasteiger charge is -2.41. The fourth-order valence-electron chi connectivity index (χ4n) is 7.79. The second-order valence-corrected chi connectivity index (χ2v) is 13.7. The van der Waals surface area contributed by atoms with Crippen LogP contribution in [0.4, 0.5) is 18.9 Å². The Hall–Kier alpha value is -4.50. The van der Waals surface area contributed by atoms with Gasteiger partial charge in [0, 0.05) is 49.4 Å². The topological polar surface area (TPSA) is 135 Å². The molecule has 0 saturated carbocycles. The number of benzene rings is 1. The van der Waals surface area contributed by atoms with Crippen LogP contribution in [0.25, 0.3) is 11.4 Å². The molecule has 1 spiro atoms. The molecule has 2 atom stereocenters. The van der Waals surface area contributed by atoms with E-state index in [1.807, 2.05) is 13.0 Å². The summed E-state index contributed by atoms with van der Waals surface area (Å²) in [4.78, 5) is 51.9. The summed E-state index contributed by atoms with van der Waals surface area (Å²) in [5, 5.41) is 9.74. The van der Waals surface area contributed by atoms with Crippen molar-refractivity contribution < 1.29 is 27.5 Å². The number of nitrogens with one attached hydrogen (secondary N) is 2. The minimum atomic E-state index is -4.59. The number of nitrogens with zero attached hydrogens (tertiary/aromatic N) is 6. The highest BCUT2D eigenvalue weighted by molar-refractivity contribution is 6.33. The average molecular weight is 713 g/mol. The van der Waals surface area contributed by atoms with Crippen molar-refractivity contribution in [3.63, 3.8) is 0 Å². The fraction of sp³-hybridized carbons (Fsp3) is 0.471. The fourth-order valence-corrected chi connectivity index (χ4v) is 8.02. The molecule has 7 rings (SSSR count). The number of likely N-dealkylation sites (tertiary alicyclic amines) is 1. The molecule has 5 heterocycles. The van der Waals surface area contributed by atoms with E-state index in [4.69, 9.17) is 21.3 Å². The molecule has 0 bridgehead atoms. The van der Waals surface area contributed by atoms with Gasteiger partial charge < -0.3 is 24.8 Å². The van der Waals surface area contributed by atoms with E-state index < -0.39 is 23.1 Å². The standard InChI is InChI=1S/C34H36ClF3N8O4/c1-19-17-33(8-11-44(12-9-33)25-15-21(5-10-40-25)30(48)39-2)27-28(19)45(18-26(47)41-24-4-3-22(16-23(24)35)34(36,37)38)32-42-29(43-46(32)31(27)49)20-6-13-50-14-7-20/h3-6,10,16,19,21H,7-9,11-15,17-18H2,1-2H3,(H,39,48)(H,41,47).